The fraction of sp³-hybridized carbons (Fsp3) is 0.500. The molecule has 4 nitrogen and oxygen atoms in total. The molecule has 1 aromatic carbocycles. The molecule has 1 fully saturated rings. The summed E-state index contributed by atoms with van der Waals surface area (Å²) in [4.78, 5) is 12.8. The Bertz CT molecular complexity index is 489. The molecule has 0 bridgehead atoms. The van der Waals surface area contributed by atoms with Crippen molar-refractivity contribution in [2.75, 3.05) is 0 Å². The maximum absolute atomic E-state index is 11.4. The topological polar surface area (TPSA) is 60.8 Å². The smallest absolute Gasteiger partial charge is 0.408 e. The van der Waals surface area contributed by atoms with Crippen LogP contribution in [0.3, 0.4) is 0 Å². The third kappa shape index (κ3) is 2.55. The molecule has 0 unspecified atom stereocenters. The molecule has 1 aromatic rings. The Morgan fingerprint density at radius 2 is 2.11 bits per heavy atom. The highest BCUT2D eigenvalue weighted by molar-refractivity contribution is 6.31. The van der Waals surface area contributed by atoms with E-state index in [0.29, 0.717) is 17.0 Å². The summed E-state index contributed by atoms with van der Waals surface area (Å²) >= 11 is 6.07. The normalized spacial score (nSPS) is 23.4. The van der Waals surface area contributed by atoms with Crippen molar-refractivity contribution in [2.45, 2.75) is 44.4 Å². The number of likely N-dealkylation sites (tertiary alicyclic amines) is 1. The minimum absolute atomic E-state index is 0.451. The van der Waals surface area contributed by atoms with Crippen LogP contribution in [0.5, 0.6) is 0 Å². The van der Waals surface area contributed by atoms with Gasteiger partial charge in [0.25, 0.3) is 0 Å². The van der Waals surface area contributed by atoms with Crippen molar-refractivity contribution in [3.05, 3.63) is 34.9 Å². The van der Waals surface area contributed by atoms with Gasteiger partial charge < -0.3 is 10.2 Å². The summed E-state index contributed by atoms with van der Waals surface area (Å²) in [6, 6.07) is 6.55. The van der Waals surface area contributed by atoms with E-state index in [2.05, 4.69) is 0 Å². The fourth-order valence-electron chi connectivity index (χ4n) is 2.82. The summed E-state index contributed by atoms with van der Waals surface area (Å²) in [6.07, 6.45) is -0.540. The first-order chi connectivity index (χ1) is 8.84. The molecule has 2 atom stereocenters. The van der Waals surface area contributed by atoms with Gasteiger partial charge in [-0.1, -0.05) is 29.8 Å². The van der Waals surface area contributed by atoms with Gasteiger partial charge >= 0.3 is 6.09 Å². The highest BCUT2D eigenvalue weighted by Gasteiger charge is 2.46. The van der Waals surface area contributed by atoms with Gasteiger partial charge in [-0.15, -0.1) is 0 Å². The van der Waals surface area contributed by atoms with Gasteiger partial charge in [-0.3, -0.25) is 4.90 Å². The molecule has 104 valence electrons. The summed E-state index contributed by atoms with van der Waals surface area (Å²) in [7, 11) is 0. The van der Waals surface area contributed by atoms with E-state index in [1.165, 1.54) is 4.90 Å². The molecule has 0 spiro atoms. The second kappa shape index (κ2) is 5.02. The van der Waals surface area contributed by atoms with Crippen molar-refractivity contribution in [3.8, 4) is 0 Å². The van der Waals surface area contributed by atoms with Crippen LogP contribution in [0.1, 0.15) is 38.4 Å². The number of aliphatic hydroxyl groups excluding tert-OH is 1. The summed E-state index contributed by atoms with van der Waals surface area (Å²) in [5.41, 5.74) is 0.122. The summed E-state index contributed by atoms with van der Waals surface area (Å²) in [5, 5.41) is 20.3. The highest BCUT2D eigenvalue weighted by atomic mass is 35.5. The fourth-order valence-corrected chi connectivity index (χ4v) is 3.07. The van der Waals surface area contributed by atoms with Crippen molar-refractivity contribution in [2.24, 2.45) is 0 Å². The Morgan fingerprint density at radius 3 is 2.68 bits per heavy atom. The number of amides is 1. The van der Waals surface area contributed by atoms with Gasteiger partial charge in [0.2, 0.25) is 0 Å². The first kappa shape index (κ1) is 14.2. The molecule has 1 aliphatic rings. The average Bonchev–Trinajstić information content (AvgIpc) is 2.64. The monoisotopic (exact) mass is 283 g/mol. The summed E-state index contributed by atoms with van der Waals surface area (Å²) in [5.74, 6) is 0. The standard InChI is InChI=1S/C14H18ClNO3/c1-14(2)8-7-11(16(14)13(18)19)12(17)9-5-3-4-6-10(9)15/h3-6,11-12,17H,7-8H2,1-2H3,(H,18,19)/t11-,12+/m0/s1. The second-order valence-electron chi connectivity index (χ2n) is 5.54. The Morgan fingerprint density at radius 1 is 1.47 bits per heavy atom. The Labute approximate surface area is 117 Å². The Hall–Kier alpha value is -1.26. The molecule has 2 N–H and O–H groups in total. The van der Waals surface area contributed by atoms with Gasteiger partial charge in [0.15, 0.2) is 0 Å². The zero-order valence-corrected chi connectivity index (χ0v) is 11.8. The van der Waals surface area contributed by atoms with E-state index in [1.807, 2.05) is 13.8 Å². The maximum atomic E-state index is 11.4. The molecule has 19 heavy (non-hydrogen) atoms. The minimum atomic E-state index is -1.00. The van der Waals surface area contributed by atoms with E-state index in [0.717, 1.165) is 6.42 Å². The van der Waals surface area contributed by atoms with E-state index >= 15 is 0 Å². The van der Waals surface area contributed by atoms with Gasteiger partial charge in [0.05, 0.1) is 6.04 Å². The molecule has 1 saturated heterocycles. The number of carboxylic acid groups (broad SMARTS) is 1. The zero-order valence-electron chi connectivity index (χ0n) is 11.0. The van der Waals surface area contributed by atoms with Gasteiger partial charge in [0.1, 0.15) is 6.10 Å². The molecule has 1 heterocycles. The van der Waals surface area contributed by atoms with E-state index in [4.69, 9.17) is 11.6 Å². The van der Waals surface area contributed by atoms with Crippen molar-refractivity contribution >= 4 is 17.7 Å². The lowest BCUT2D eigenvalue weighted by atomic mass is 10.00. The van der Waals surface area contributed by atoms with Crippen LogP contribution in [0.25, 0.3) is 0 Å². The molecule has 0 aromatic heterocycles. The Kier molecular flexibility index (Phi) is 3.74. The van der Waals surface area contributed by atoms with Gasteiger partial charge in [-0.25, -0.2) is 4.79 Å². The Balaban J connectivity index is 2.32. The van der Waals surface area contributed by atoms with E-state index in [9.17, 15) is 15.0 Å². The van der Waals surface area contributed by atoms with E-state index < -0.39 is 23.8 Å². The first-order valence-electron chi connectivity index (χ1n) is 6.29. The van der Waals surface area contributed by atoms with Crippen molar-refractivity contribution in [3.63, 3.8) is 0 Å². The first-order valence-corrected chi connectivity index (χ1v) is 6.67. The quantitative estimate of drug-likeness (QED) is 0.875. The lowest BCUT2D eigenvalue weighted by Gasteiger charge is -2.35. The van der Waals surface area contributed by atoms with E-state index in [1.54, 1.807) is 24.3 Å². The van der Waals surface area contributed by atoms with Crippen LogP contribution in [0, 0.1) is 0 Å². The molecular formula is C14H18ClNO3. The summed E-state index contributed by atoms with van der Waals surface area (Å²) in [6.45, 7) is 3.75. The largest absolute Gasteiger partial charge is 0.465 e. The number of aliphatic hydroxyl groups is 1. The molecule has 0 radical (unpaired) electrons. The van der Waals surface area contributed by atoms with Crippen LogP contribution < -0.4 is 0 Å². The van der Waals surface area contributed by atoms with Gasteiger partial charge in [-0.05, 0) is 32.8 Å². The second-order valence-corrected chi connectivity index (χ2v) is 5.94. The molecule has 1 amide bonds. The molecule has 1 aliphatic heterocycles. The van der Waals surface area contributed by atoms with Crippen LogP contribution in [-0.2, 0) is 0 Å². The minimum Gasteiger partial charge on any atom is -0.465 e. The van der Waals surface area contributed by atoms with Crippen molar-refractivity contribution in [1.82, 2.24) is 4.90 Å². The highest BCUT2D eigenvalue weighted by Crippen LogP contribution is 2.40. The summed E-state index contributed by atoms with van der Waals surface area (Å²) < 4.78 is 0. The van der Waals surface area contributed by atoms with Crippen LogP contribution >= 0.6 is 11.6 Å². The van der Waals surface area contributed by atoms with Crippen LogP contribution in [0.4, 0.5) is 4.79 Å². The molecule has 2 rings (SSSR count). The lowest BCUT2D eigenvalue weighted by molar-refractivity contribution is 0.0362. The number of rotatable bonds is 2. The van der Waals surface area contributed by atoms with Crippen molar-refractivity contribution in [1.29, 1.82) is 0 Å². The molecule has 0 aliphatic carbocycles. The van der Waals surface area contributed by atoms with Crippen LogP contribution in [0.2, 0.25) is 5.02 Å². The maximum Gasteiger partial charge on any atom is 0.408 e. The number of hydrogen-bond acceptors (Lipinski definition) is 2. The third-order valence-electron chi connectivity index (χ3n) is 3.83. The number of nitrogens with zero attached hydrogens (tertiary/aromatic N) is 1. The van der Waals surface area contributed by atoms with Crippen LogP contribution in [0.15, 0.2) is 24.3 Å². The molecule has 0 saturated carbocycles. The average molecular weight is 284 g/mol. The molecular weight excluding hydrogens is 266 g/mol. The lowest BCUT2D eigenvalue weighted by Crippen LogP contribution is -2.48. The van der Waals surface area contributed by atoms with Gasteiger partial charge in [-0.2, -0.15) is 0 Å². The zero-order chi connectivity index (χ0) is 14.2. The van der Waals surface area contributed by atoms with E-state index in [-0.39, 0.29) is 0 Å². The number of carbonyl (C=O) groups is 1. The number of halogens is 1. The SMILES string of the molecule is CC1(C)CC[C@@H]([C@H](O)c2ccccc2Cl)N1C(=O)O. The predicted octanol–water partition coefficient (Wildman–Crippen LogP) is 3.29. The predicted molar refractivity (Wildman–Crippen MR) is 73.4 cm³/mol. The number of hydrogen-bond donors (Lipinski definition) is 2. The number of benzene rings is 1. The van der Waals surface area contributed by atoms with Gasteiger partial charge in [0, 0.05) is 16.1 Å². The van der Waals surface area contributed by atoms with Crippen LogP contribution in [-0.4, -0.2) is 32.8 Å². The molecule has 5 heteroatoms. The third-order valence-corrected chi connectivity index (χ3v) is 4.17. The van der Waals surface area contributed by atoms with Crippen molar-refractivity contribution < 1.29 is 15.0 Å².